The highest BCUT2D eigenvalue weighted by atomic mass is 15.2. The van der Waals surface area contributed by atoms with Crippen LogP contribution in [0.5, 0.6) is 0 Å². The fourth-order valence-electron chi connectivity index (χ4n) is 1.58. The lowest BCUT2D eigenvalue weighted by Crippen LogP contribution is -2.42. The van der Waals surface area contributed by atoms with E-state index in [1.54, 1.807) is 7.05 Å². The maximum atomic E-state index is 4.10. The summed E-state index contributed by atoms with van der Waals surface area (Å²) in [5, 5.41) is 6.31. The van der Waals surface area contributed by atoms with Gasteiger partial charge in [-0.05, 0) is 5.56 Å². The summed E-state index contributed by atoms with van der Waals surface area (Å²) in [7, 11) is 3.64. The first-order valence-electron chi connectivity index (χ1n) is 5.54. The number of rotatable bonds is 3. The van der Waals surface area contributed by atoms with E-state index in [9.17, 15) is 0 Å². The maximum Gasteiger partial charge on any atom is 0.190 e. The van der Waals surface area contributed by atoms with Crippen LogP contribution in [0.1, 0.15) is 19.4 Å². The molecule has 0 radical (unpaired) electrons. The van der Waals surface area contributed by atoms with Crippen molar-refractivity contribution >= 4 is 5.96 Å². The maximum absolute atomic E-state index is 4.10. The van der Waals surface area contributed by atoms with Crippen LogP contribution in [0, 0.1) is 0 Å². The molecule has 1 rings (SSSR count). The lowest BCUT2D eigenvalue weighted by Gasteiger charge is -2.26. The molecule has 0 saturated carbocycles. The summed E-state index contributed by atoms with van der Waals surface area (Å²) in [4.78, 5) is 4.10. The quantitative estimate of drug-likeness (QED) is 0.600. The van der Waals surface area contributed by atoms with E-state index in [0.717, 1.165) is 12.5 Å². The van der Waals surface area contributed by atoms with Gasteiger partial charge in [-0.2, -0.15) is 0 Å². The van der Waals surface area contributed by atoms with Gasteiger partial charge in [0.2, 0.25) is 0 Å². The average Bonchev–Trinajstić information content (AvgIpc) is 2.31. The van der Waals surface area contributed by atoms with E-state index in [2.05, 4.69) is 53.7 Å². The van der Waals surface area contributed by atoms with Crippen LogP contribution >= 0.6 is 0 Å². The smallest absolute Gasteiger partial charge is 0.190 e. The molecule has 0 fully saturated rings. The summed E-state index contributed by atoms with van der Waals surface area (Å²) in [6.07, 6.45) is 0. The molecule has 0 heterocycles. The van der Waals surface area contributed by atoms with Crippen molar-refractivity contribution in [2.75, 3.05) is 20.6 Å². The third kappa shape index (κ3) is 3.26. The molecule has 3 nitrogen and oxygen atoms in total. The van der Waals surface area contributed by atoms with Gasteiger partial charge in [0, 0.05) is 26.1 Å². The van der Waals surface area contributed by atoms with Crippen molar-refractivity contribution < 1.29 is 0 Å². The van der Waals surface area contributed by atoms with Crippen LogP contribution in [-0.4, -0.2) is 26.6 Å². The Bertz CT molecular complexity index is 341. The van der Waals surface area contributed by atoms with Crippen LogP contribution in [0.3, 0.4) is 0 Å². The van der Waals surface area contributed by atoms with Crippen molar-refractivity contribution in [2.24, 2.45) is 4.99 Å². The van der Waals surface area contributed by atoms with Crippen molar-refractivity contribution in [2.45, 2.75) is 19.3 Å². The monoisotopic (exact) mass is 219 g/mol. The molecule has 0 aliphatic carbocycles. The zero-order valence-corrected chi connectivity index (χ0v) is 10.5. The molecule has 0 aromatic heterocycles. The van der Waals surface area contributed by atoms with Crippen LogP contribution in [0.15, 0.2) is 35.3 Å². The first-order chi connectivity index (χ1) is 7.60. The first-order valence-corrected chi connectivity index (χ1v) is 5.54. The van der Waals surface area contributed by atoms with E-state index < -0.39 is 0 Å². The van der Waals surface area contributed by atoms with Gasteiger partial charge in [0.15, 0.2) is 5.96 Å². The van der Waals surface area contributed by atoms with Gasteiger partial charge in [0.25, 0.3) is 0 Å². The van der Waals surface area contributed by atoms with E-state index in [0.29, 0.717) is 0 Å². The van der Waals surface area contributed by atoms with Crippen LogP contribution in [0.25, 0.3) is 0 Å². The summed E-state index contributed by atoms with van der Waals surface area (Å²) in [5.41, 5.74) is 1.42. The molecule has 0 atom stereocenters. The summed E-state index contributed by atoms with van der Waals surface area (Å²) in [5.74, 6) is 0.823. The van der Waals surface area contributed by atoms with Crippen molar-refractivity contribution in [3.8, 4) is 0 Å². The Morgan fingerprint density at radius 2 is 1.88 bits per heavy atom. The molecule has 1 aromatic carbocycles. The number of aliphatic imine (C=N–C) groups is 1. The van der Waals surface area contributed by atoms with Crippen molar-refractivity contribution in [1.82, 2.24) is 10.6 Å². The van der Waals surface area contributed by atoms with Gasteiger partial charge in [-0.25, -0.2) is 0 Å². The minimum atomic E-state index is 0.0913. The molecule has 2 N–H and O–H groups in total. The van der Waals surface area contributed by atoms with Crippen LogP contribution in [-0.2, 0) is 5.41 Å². The third-order valence-electron chi connectivity index (χ3n) is 2.71. The van der Waals surface area contributed by atoms with Crippen LogP contribution in [0.2, 0.25) is 0 Å². The largest absolute Gasteiger partial charge is 0.359 e. The van der Waals surface area contributed by atoms with Crippen molar-refractivity contribution in [3.63, 3.8) is 0 Å². The van der Waals surface area contributed by atoms with Gasteiger partial charge >= 0.3 is 0 Å². The molecular formula is C13H21N3. The summed E-state index contributed by atoms with van der Waals surface area (Å²) in [6, 6.07) is 10.5. The average molecular weight is 219 g/mol. The van der Waals surface area contributed by atoms with Gasteiger partial charge in [0.1, 0.15) is 0 Å². The standard InChI is InChI=1S/C13H21N3/c1-13(2,10-16-12(14-3)15-4)11-8-6-5-7-9-11/h5-9H,10H2,1-4H3,(H2,14,15,16). The summed E-state index contributed by atoms with van der Waals surface area (Å²) in [6.45, 7) is 5.29. The summed E-state index contributed by atoms with van der Waals surface area (Å²) < 4.78 is 0. The molecule has 0 unspecified atom stereocenters. The zero-order valence-electron chi connectivity index (χ0n) is 10.5. The van der Waals surface area contributed by atoms with E-state index >= 15 is 0 Å². The van der Waals surface area contributed by atoms with E-state index in [-0.39, 0.29) is 5.41 Å². The normalized spacial score (nSPS) is 12.4. The Morgan fingerprint density at radius 3 is 2.38 bits per heavy atom. The third-order valence-corrected chi connectivity index (χ3v) is 2.71. The Kier molecular flexibility index (Phi) is 4.35. The highest BCUT2D eigenvalue weighted by Crippen LogP contribution is 2.21. The lowest BCUT2D eigenvalue weighted by molar-refractivity contribution is 0.510. The van der Waals surface area contributed by atoms with Gasteiger partial charge in [-0.3, -0.25) is 4.99 Å². The molecule has 88 valence electrons. The predicted molar refractivity (Wildman–Crippen MR) is 69.9 cm³/mol. The molecule has 0 spiro atoms. The Hall–Kier alpha value is -1.51. The number of nitrogens with zero attached hydrogens (tertiary/aromatic N) is 1. The number of hydrogen-bond acceptors (Lipinski definition) is 1. The van der Waals surface area contributed by atoms with Crippen molar-refractivity contribution in [3.05, 3.63) is 35.9 Å². The predicted octanol–water partition coefficient (Wildman–Crippen LogP) is 1.76. The topological polar surface area (TPSA) is 36.4 Å². The minimum Gasteiger partial charge on any atom is -0.359 e. The minimum absolute atomic E-state index is 0.0913. The van der Waals surface area contributed by atoms with Crippen molar-refractivity contribution in [1.29, 1.82) is 0 Å². The second-order valence-electron chi connectivity index (χ2n) is 4.43. The SMILES string of the molecule is CN=C(NC)NCC(C)(C)c1ccccc1. The van der Waals surface area contributed by atoms with Crippen LogP contribution in [0.4, 0.5) is 0 Å². The van der Waals surface area contributed by atoms with Gasteiger partial charge in [-0.1, -0.05) is 44.2 Å². The van der Waals surface area contributed by atoms with Crippen LogP contribution < -0.4 is 10.6 Å². The molecule has 0 bridgehead atoms. The Balaban J connectivity index is 2.66. The highest BCUT2D eigenvalue weighted by Gasteiger charge is 2.20. The lowest BCUT2D eigenvalue weighted by atomic mass is 9.85. The second kappa shape index (κ2) is 5.54. The summed E-state index contributed by atoms with van der Waals surface area (Å²) >= 11 is 0. The number of guanidine groups is 1. The highest BCUT2D eigenvalue weighted by molar-refractivity contribution is 5.79. The molecule has 0 aliphatic rings. The fraction of sp³-hybridized carbons (Fsp3) is 0.462. The number of nitrogens with one attached hydrogen (secondary N) is 2. The van der Waals surface area contributed by atoms with Gasteiger partial charge in [-0.15, -0.1) is 0 Å². The Labute approximate surface area is 98.0 Å². The number of hydrogen-bond donors (Lipinski definition) is 2. The first kappa shape index (κ1) is 12.6. The fourth-order valence-corrected chi connectivity index (χ4v) is 1.58. The molecule has 16 heavy (non-hydrogen) atoms. The molecule has 0 amide bonds. The second-order valence-corrected chi connectivity index (χ2v) is 4.43. The Morgan fingerprint density at radius 1 is 1.25 bits per heavy atom. The van der Waals surface area contributed by atoms with E-state index in [1.165, 1.54) is 5.56 Å². The molecule has 0 saturated heterocycles. The molecular weight excluding hydrogens is 198 g/mol. The zero-order chi connectivity index (χ0) is 12.0. The van der Waals surface area contributed by atoms with E-state index in [4.69, 9.17) is 0 Å². The molecule has 1 aromatic rings. The van der Waals surface area contributed by atoms with E-state index in [1.807, 2.05) is 13.1 Å². The number of benzene rings is 1. The molecule has 3 heteroatoms. The van der Waals surface area contributed by atoms with Gasteiger partial charge in [0.05, 0.1) is 0 Å². The molecule has 0 aliphatic heterocycles. The van der Waals surface area contributed by atoms with Gasteiger partial charge < -0.3 is 10.6 Å².